The highest BCUT2D eigenvalue weighted by molar-refractivity contribution is 7.18. The van der Waals surface area contributed by atoms with Crippen LogP contribution in [-0.2, 0) is 19.4 Å². The molecule has 0 N–H and O–H groups in total. The normalized spacial score (nSPS) is 18.4. The van der Waals surface area contributed by atoms with Crippen LogP contribution in [0.3, 0.4) is 0 Å². The molecule has 2 aromatic heterocycles. The van der Waals surface area contributed by atoms with E-state index in [1.54, 1.807) is 17.7 Å². The molecule has 1 unspecified atom stereocenters. The lowest BCUT2D eigenvalue weighted by molar-refractivity contribution is 0.509. The Kier molecular flexibility index (Phi) is 3.92. The number of aromatic nitrogens is 2. The highest BCUT2D eigenvalue weighted by Gasteiger charge is 2.22. The first kappa shape index (κ1) is 13.8. The van der Waals surface area contributed by atoms with Gasteiger partial charge < -0.3 is 0 Å². The van der Waals surface area contributed by atoms with Crippen molar-refractivity contribution in [2.45, 2.75) is 58.9 Å². The summed E-state index contributed by atoms with van der Waals surface area (Å²) in [5, 5.41) is 0.913. The smallest absolute Gasteiger partial charge is 0.262 e. The minimum absolute atomic E-state index is 0.179. The summed E-state index contributed by atoms with van der Waals surface area (Å²) >= 11 is 1.73. The molecule has 108 valence electrons. The van der Waals surface area contributed by atoms with Gasteiger partial charge in [0, 0.05) is 11.4 Å². The van der Waals surface area contributed by atoms with E-state index in [1.165, 1.54) is 29.7 Å². The number of fused-ring (bicyclic) bond motifs is 3. The molecule has 0 bridgehead atoms. The van der Waals surface area contributed by atoms with Gasteiger partial charge >= 0.3 is 0 Å². The molecule has 3 rings (SSSR count). The number of hydrogen-bond donors (Lipinski definition) is 0. The molecule has 0 amide bonds. The van der Waals surface area contributed by atoms with E-state index in [2.05, 4.69) is 18.8 Å². The summed E-state index contributed by atoms with van der Waals surface area (Å²) in [6, 6.07) is 0. The van der Waals surface area contributed by atoms with Gasteiger partial charge in [-0.25, -0.2) is 4.98 Å². The van der Waals surface area contributed by atoms with Gasteiger partial charge in [-0.15, -0.1) is 11.3 Å². The van der Waals surface area contributed by atoms with Crippen LogP contribution in [-0.4, -0.2) is 9.55 Å². The second kappa shape index (κ2) is 5.68. The number of thiophene rings is 1. The molecule has 0 aromatic carbocycles. The SMILES string of the molecule is CCCCCn1cnc2sc3c(c2c1=O)CCC(C)C3. The van der Waals surface area contributed by atoms with Crippen molar-refractivity contribution >= 4 is 21.6 Å². The average Bonchev–Trinajstić information content (AvgIpc) is 2.79. The van der Waals surface area contributed by atoms with E-state index in [0.717, 1.165) is 41.9 Å². The second-order valence-corrected chi connectivity index (χ2v) is 7.07. The maximum absolute atomic E-state index is 12.7. The van der Waals surface area contributed by atoms with Crippen LogP contribution in [0.4, 0.5) is 0 Å². The van der Waals surface area contributed by atoms with Crippen molar-refractivity contribution in [3.63, 3.8) is 0 Å². The molecule has 1 aliphatic rings. The third-order valence-corrected chi connectivity index (χ3v) is 5.45. The van der Waals surface area contributed by atoms with E-state index in [0.29, 0.717) is 0 Å². The molecule has 0 spiro atoms. The van der Waals surface area contributed by atoms with Gasteiger partial charge in [0.1, 0.15) is 4.83 Å². The Morgan fingerprint density at radius 2 is 2.30 bits per heavy atom. The maximum atomic E-state index is 12.7. The third kappa shape index (κ3) is 2.41. The van der Waals surface area contributed by atoms with Gasteiger partial charge in [0.05, 0.1) is 11.7 Å². The molecule has 0 aliphatic heterocycles. The summed E-state index contributed by atoms with van der Waals surface area (Å²) in [7, 11) is 0. The number of unbranched alkanes of at least 4 members (excludes halogenated alkanes) is 2. The van der Waals surface area contributed by atoms with Crippen LogP contribution < -0.4 is 5.56 Å². The van der Waals surface area contributed by atoms with Crippen LogP contribution in [0, 0.1) is 5.92 Å². The van der Waals surface area contributed by atoms with Gasteiger partial charge in [0.2, 0.25) is 0 Å². The molecular weight excluding hydrogens is 268 g/mol. The lowest BCUT2D eigenvalue weighted by atomic mass is 9.89. The molecule has 20 heavy (non-hydrogen) atoms. The van der Waals surface area contributed by atoms with E-state index in [1.807, 2.05) is 4.57 Å². The fourth-order valence-electron chi connectivity index (χ4n) is 3.06. The first-order chi connectivity index (χ1) is 9.70. The molecular formula is C16H22N2OS. The second-order valence-electron chi connectivity index (χ2n) is 5.98. The molecule has 0 fully saturated rings. The zero-order valence-electron chi connectivity index (χ0n) is 12.3. The zero-order valence-corrected chi connectivity index (χ0v) is 13.1. The quantitative estimate of drug-likeness (QED) is 0.803. The molecule has 4 heteroatoms. The summed E-state index contributed by atoms with van der Waals surface area (Å²) in [6.45, 7) is 5.28. The first-order valence-corrected chi connectivity index (χ1v) is 8.52. The summed E-state index contributed by atoms with van der Waals surface area (Å²) < 4.78 is 1.81. The average molecular weight is 290 g/mol. The Labute approximate surface area is 123 Å². The van der Waals surface area contributed by atoms with Crippen molar-refractivity contribution in [1.82, 2.24) is 9.55 Å². The fraction of sp³-hybridized carbons (Fsp3) is 0.625. The molecule has 0 radical (unpaired) electrons. The Bertz CT molecular complexity index is 671. The van der Waals surface area contributed by atoms with E-state index in [9.17, 15) is 4.79 Å². The van der Waals surface area contributed by atoms with E-state index >= 15 is 0 Å². The molecule has 1 aliphatic carbocycles. The van der Waals surface area contributed by atoms with E-state index in [-0.39, 0.29) is 5.56 Å². The number of rotatable bonds is 4. The molecule has 2 heterocycles. The van der Waals surface area contributed by atoms with Crippen molar-refractivity contribution in [3.05, 3.63) is 27.1 Å². The van der Waals surface area contributed by atoms with Crippen molar-refractivity contribution in [2.75, 3.05) is 0 Å². The van der Waals surface area contributed by atoms with Crippen molar-refractivity contribution in [1.29, 1.82) is 0 Å². The molecule has 1 atom stereocenters. The molecule has 3 nitrogen and oxygen atoms in total. The summed E-state index contributed by atoms with van der Waals surface area (Å²) in [5.41, 5.74) is 1.48. The summed E-state index contributed by atoms with van der Waals surface area (Å²) in [6.07, 6.45) is 8.51. The van der Waals surface area contributed by atoms with Crippen molar-refractivity contribution < 1.29 is 0 Å². The van der Waals surface area contributed by atoms with Crippen molar-refractivity contribution in [2.24, 2.45) is 5.92 Å². The van der Waals surface area contributed by atoms with Gasteiger partial charge in [-0.05, 0) is 37.2 Å². The molecule has 0 saturated heterocycles. The van der Waals surface area contributed by atoms with Crippen LogP contribution in [0.1, 0.15) is 50.0 Å². The molecule has 0 saturated carbocycles. The lowest BCUT2D eigenvalue weighted by Gasteiger charge is -2.17. The standard InChI is InChI=1S/C16H22N2OS/c1-3-4-5-8-18-10-17-15-14(16(18)19)12-7-6-11(2)9-13(12)20-15/h10-11H,3-9H2,1-2H3. The van der Waals surface area contributed by atoms with Gasteiger partial charge in [-0.2, -0.15) is 0 Å². The Morgan fingerprint density at radius 1 is 1.45 bits per heavy atom. The minimum Gasteiger partial charge on any atom is -0.299 e. The maximum Gasteiger partial charge on any atom is 0.262 e. The van der Waals surface area contributed by atoms with Crippen LogP contribution in [0.2, 0.25) is 0 Å². The highest BCUT2D eigenvalue weighted by atomic mass is 32.1. The number of nitrogens with zero attached hydrogens (tertiary/aromatic N) is 2. The Balaban J connectivity index is 2.01. The van der Waals surface area contributed by atoms with Crippen LogP contribution in [0.5, 0.6) is 0 Å². The third-order valence-electron chi connectivity index (χ3n) is 4.28. The monoisotopic (exact) mass is 290 g/mol. The van der Waals surface area contributed by atoms with Crippen LogP contribution in [0.15, 0.2) is 11.1 Å². The van der Waals surface area contributed by atoms with Crippen LogP contribution in [0.25, 0.3) is 10.2 Å². The summed E-state index contributed by atoms with van der Waals surface area (Å²) in [4.78, 5) is 19.5. The summed E-state index contributed by atoms with van der Waals surface area (Å²) in [5.74, 6) is 0.738. The first-order valence-electron chi connectivity index (χ1n) is 7.70. The van der Waals surface area contributed by atoms with Gasteiger partial charge in [0.15, 0.2) is 0 Å². The van der Waals surface area contributed by atoms with Gasteiger partial charge in [-0.3, -0.25) is 9.36 Å². The van der Waals surface area contributed by atoms with E-state index in [4.69, 9.17) is 0 Å². The lowest BCUT2D eigenvalue weighted by Crippen LogP contribution is -2.21. The minimum atomic E-state index is 0.179. The van der Waals surface area contributed by atoms with Crippen molar-refractivity contribution in [3.8, 4) is 0 Å². The Hall–Kier alpha value is -1.16. The zero-order chi connectivity index (χ0) is 14.1. The fourth-order valence-corrected chi connectivity index (χ4v) is 4.40. The van der Waals surface area contributed by atoms with Gasteiger partial charge in [0.25, 0.3) is 5.56 Å². The largest absolute Gasteiger partial charge is 0.299 e. The topological polar surface area (TPSA) is 34.9 Å². The predicted molar refractivity (Wildman–Crippen MR) is 84.6 cm³/mol. The van der Waals surface area contributed by atoms with Gasteiger partial charge in [-0.1, -0.05) is 26.7 Å². The van der Waals surface area contributed by atoms with E-state index < -0.39 is 0 Å². The predicted octanol–water partition coefficient (Wildman–Crippen LogP) is 3.77. The Morgan fingerprint density at radius 3 is 3.10 bits per heavy atom. The van der Waals surface area contributed by atoms with Crippen LogP contribution >= 0.6 is 11.3 Å². The highest BCUT2D eigenvalue weighted by Crippen LogP contribution is 2.35. The number of aryl methyl sites for hydroxylation is 2. The number of hydrogen-bond acceptors (Lipinski definition) is 3. The molecule has 2 aromatic rings.